The molecule has 4 unspecified atom stereocenters. The topological polar surface area (TPSA) is 67.3 Å². The van der Waals surface area contributed by atoms with Crippen LogP contribution in [0.5, 0.6) is 0 Å². The third-order valence-corrected chi connectivity index (χ3v) is 12.1. The zero-order valence-electron chi connectivity index (χ0n) is 31.0. The lowest BCUT2D eigenvalue weighted by atomic mass is 9.92. The van der Waals surface area contributed by atoms with Gasteiger partial charge in [-0.1, -0.05) is 140 Å². The fourth-order valence-corrected chi connectivity index (χ4v) is 9.56. The molecule has 3 N–H and O–H groups in total. The number of nitrogens with one attached hydrogen (secondary N) is 3. The molecule has 4 atom stereocenters. The Kier molecular flexibility index (Phi) is 7.38. The number of benzene rings is 7. The molecule has 4 heterocycles. The quantitative estimate of drug-likeness (QED) is 0.164. The second-order valence-electron chi connectivity index (χ2n) is 15.3. The molecule has 0 saturated carbocycles. The van der Waals surface area contributed by atoms with Crippen molar-refractivity contribution in [3.63, 3.8) is 0 Å². The van der Waals surface area contributed by atoms with E-state index >= 15 is 0 Å². The second-order valence-corrected chi connectivity index (χ2v) is 15.3. The Morgan fingerprint density at radius 2 is 1.12 bits per heavy atom. The molecular weight excluding hydrogens is 701 g/mol. The van der Waals surface area contributed by atoms with Crippen LogP contribution in [0.3, 0.4) is 0 Å². The summed E-state index contributed by atoms with van der Waals surface area (Å²) in [6, 6.07) is 53.8. The van der Waals surface area contributed by atoms with Gasteiger partial charge in [-0.3, -0.25) is 16.0 Å². The Morgan fingerprint density at radius 3 is 1.88 bits per heavy atom. The van der Waals surface area contributed by atoms with E-state index < -0.39 is 0 Å². The van der Waals surface area contributed by atoms with Crippen molar-refractivity contribution in [3.8, 4) is 16.8 Å². The first-order valence-electron chi connectivity index (χ1n) is 19.8. The summed E-state index contributed by atoms with van der Waals surface area (Å²) in [4.78, 5) is 0. The Labute approximate surface area is 328 Å². The maximum absolute atomic E-state index is 6.91. The van der Waals surface area contributed by atoms with Crippen molar-refractivity contribution in [3.05, 3.63) is 187 Å². The summed E-state index contributed by atoms with van der Waals surface area (Å²) in [7, 11) is 0. The van der Waals surface area contributed by atoms with Gasteiger partial charge in [-0.2, -0.15) is 0 Å². The van der Waals surface area contributed by atoms with Gasteiger partial charge < -0.3 is 13.4 Å². The van der Waals surface area contributed by atoms with Crippen LogP contribution in [0.25, 0.3) is 82.5 Å². The first-order chi connectivity index (χ1) is 28.3. The molecule has 6 nitrogen and oxygen atoms in total. The molecule has 6 heteroatoms. The minimum Gasteiger partial charge on any atom is -0.456 e. The Balaban J connectivity index is 1.05. The zero-order chi connectivity index (χ0) is 37.5. The predicted octanol–water partition coefficient (Wildman–Crippen LogP) is 12.2. The number of hydrogen-bond acceptors (Lipinski definition) is 5. The van der Waals surface area contributed by atoms with E-state index in [1.54, 1.807) is 0 Å². The van der Waals surface area contributed by atoms with Crippen LogP contribution in [-0.4, -0.2) is 10.7 Å². The summed E-state index contributed by atoms with van der Waals surface area (Å²) in [5, 5.41) is 18.6. The van der Waals surface area contributed by atoms with Crippen LogP contribution in [0.2, 0.25) is 0 Å². The predicted molar refractivity (Wildman–Crippen MR) is 232 cm³/mol. The third-order valence-electron chi connectivity index (χ3n) is 12.1. The molecule has 1 fully saturated rings. The van der Waals surface area contributed by atoms with Crippen molar-refractivity contribution in [2.75, 3.05) is 0 Å². The first kappa shape index (κ1) is 32.5. The second kappa shape index (κ2) is 12.9. The van der Waals surface area contributed by atoms with E-state index in [0.717, 1.165) is 83.7 Å². The molecule has 0 bridgehead atoms. The van der Waals surface area contributed by atoms with E-state index in [4.69, 9.17) is 8.83 Å². The van der Waals surface area contributed by atoms with Gasteiger partial charge in [-0.05, 0) is 65.1 Å². The highest BCUT2D eigenvalue weighted by atomic mass is 16.3. The number of fused-ring (bicyclic) bond motifs is 9. The Morgan fingerprint density at radius 1 is 0.491 bits per heavy atom. The first-order valence-corrected chi connectivity index (χ1v) is 19.8. The summed E-state index contributed by atoms with van der Waals surface area (Å²) in [5.74, 6) is 0.307. The van der Waals surface area contributed by atoms with Gasteiger partial charge in [0.05, 0.1) is 35.2 Å². The molecule has 0 amide bonds. The highest BCUT2D eigenvalue weighted by molar-refractivity contribution is 6.21. The average Bonchev–Trinajstić information content (AvgIpc) is 3.97. The molecule has 12 rings (SSSR count). The largest absolute Gasteiger partial charge is 0.456 e. The van der Waals surface area contributed by atoms with Crippen molar-refractivity contribution in [2.45, 2.75) is 24.9 Å². The summed E-state index contributed by atoms with van der Waals surface area (Å²) < 4.78 is 16.0. The monoisotopic (exact) mass is 738 g/mol. The lowest BCUT2D eigenvalue weighted by Crippen LogP contribution is -2.61. The van der Waals surface area contributed by atoms with Gasteiger partial charge in [0.25, 0.3) is 0 Å². The van der Waals surface area contributed by atoms with Gasteiger partial charge in [0.1, 0.15) is 16.7 Å². The van der Waals surface area contributed by atoms with E-state index in [9.17, 15) is 0 Å². The molecule has 1 saturated heterocycles. The van der Waals surface area contributed by atoms with Gasteiger partial charge in [-0.15, -0.1) is 0 Å². The molecule has 1 aliphatic carbocycles. The SMILES string of the molecule is C1=CCC(C2NC(c3ccccc3)NC(c3cccc4oc5cccc(-c6cccc7oc8c(-n9c%10ccccc%10c%10ccccc%109)cccc8c67)c5c34)N2)C=C1. The van der Waals surface area contributed by atoms with Crippen molar-refractivity contribution < 1.29 is 8.83 Å². The number of nitrogens with zero attached hydrogens (tertiary/aromatic N) is 1. The normalized spacial score (nSPS) is 19.9. The maximum Gasteiger partial charge on any atom is 0.159 e. The molecule has 7 aromatic carbocycles. The van der Waals surface area contributed by atoms with E-state index in [2.05, 4.69) is 196 Å². The molecule has 2 aliphatic rings. The van der Waals surface area contributed by atoms with Crippen LogP contribution in [0.15, 0.2) is 185 Å². The molecule has 0 radical (unpaired) electrons. The summed E-state index contributed by atoms with van der Waals surface area (Å²) >= 11 is 0. The molecule has 0 spiro atoms. The molecule has 10 aromatic rings. The van der Waals surface area contributed by atoms with Gasteiger partial charge >= 0.3 is 0 Å². The summed E-state index contributed by atoms with van der Waals surface area (Å²) in [5.41, 5.74) is 11.3. The van der Waals surface area contributed by atoms with Crippen molar-refractivity contribution in [1.82, 2.24) is 20.5 Å². The van der Waals surface area contributed by atoms with Crippen molar-refractivity contribution in [1.29, 1.82) is 0 Å². The van der Waals surface area contributed by atoms with Crippen LogP contribution in [-0.2, 0) is 0 Å². The summed E-state index contributed by atoms with van der Waals surface area (Å²) in [6.07, 6.45) is 9.68. The third kappa shape index (κ3) is 5.08. The fourth-order valence-electron chi connectivity index (χ4n) is 9.56. The van der Waals surface area contributed by atoms with Gasteiger partial charge in [0.15, 0.2) is 5.58 Å². The fraction of sp³-hybridized carbons (Fsp3) is 0.0980. The van der Waals surface area contributed by atoms with Crippen LogP contribution in [0.4, 0.5) is 0 Å². The highest BCUT2D eigenvalue weighted by Crippen LogP contribution is 2.45. The number of para-hydroxylation sites is 3. The zero-order valence-corrected chi connectivity index (χ0v) is 31.0. The number of allylic oxidation sites excluding steroid dienone is 3. The Bertz CT molecular complexity index is 3190. The lowest BCUT2D eigenvalue weighted by Gasteiger charge is -2.42. The standard InChI is InChI=1S/C51H38N4O2/c1-3-15-31(16-4-1)49-52-50(32-17-5-2-6-18-32)54-51(53-49)38-24-14-30-44-47(38)46-36(22-13-29-43(46)56-44)35-21-12-28-42-45(35)37-23-11-27-41(48(37)57-42)55-39-25-9-7-19-33(39)34-20-8-10-26-40(34)55/h1-17,19-30,32,49-54H,18H2. The van der Waals surface area contributed by atoms with Gasteiger partial charge in [-0.25, -0.2) is 0 Å². The van der Waals surface area contributed by atoms with E-state index in [1.165, 1.54) is 16.3 Å². The number of furan rings is 2. The van der Waals surface area contributed by atoms with Crippen LogP contribution in [0.1, 0.15) is 29.9 Å². The minimum atomic E-state index is -0.155. The number of hydrogen-bond donors (Lipinski definition) is 3. The maximum atomic E-state index is 6.91. The number of rotatable bonds is 5. The highest BCUT2D eigenvalue weighted by Gasteiger charge is 2.34. The van der Waals surface area contributed by atoms with Gasteiger partial charge in [0.2, 0.25) is 0 Å². The minimum absolute atomic E-state index is 0.0466. The lowest BCUT2D eigenvalue weighted by molar-refractivity contribution is 0.171. The van der Waals surface area contributed by atoms with Crippen molar-refractivity contribution in [2.24, 2.45) is 5.92 Å². The van der Waals surface area contributed by atoms with Gasteiger partial charge in [0, 0.05) is 38.2 Å². The molecule has 274 valence electrons. The smallest absolute Gasteiger partial charge is 0.159 e. The molecular formula is C51H38N4O2. The Hall–Kier alpha value is -6.70. The van der Waals surface area contributed by atoms with Crippen LogP contribution >= 0.6 is 0 Å². The van der Waals surface area contributed by atoms with E-state index in [1.807, 2.05) is 0 Å². The van der Waals surface area contributed by atoms with E-state index in [-0.39, 0.29) is 18.5 Å². The van der Waals surface area contributed by atoms with Crippen LogP contribution < -0.4 is 16.0 Å². The number of aromatic nitrogens is 1. The molecule has 57 heavy (non-hydrogen) atoms. The van der Waals surface area contributed by atoms with Crippen molar-refractivity contribution >= 4 is 65.7 Å². The molecule has 3 aromatic heterocycles. The van der Waals surface area contributed by atoms with Crippen LogP contribution in [0, 0.1) is 5.92 Å². The van der Waals surface area contributed by atoms with E-state index in [0.29, 0.717) is 5.92 Å². The summed E-state index contributed by atoms with van der Waals surface area (Å²) in [6.45, 7) is 0. The molecule has 1 aliphatic heterocycles. The average molecular weight is 739 g/mol.